The molecular formula is C16H17ClN6OS. The summed E-state index contributed by atoms with van der Waals surface area (Å²) >= 11 is 7.29. The van der Waals surface area contributed by atoms with Gasteiger partial charge < -0.3 is 0 Å². The van der Waals surface area contributed by atoms with Crippen molar-refractivity contribution < 1.29 is 4.79 Å². The Balaban J connectivity index is 1.90. The molecule has 1 N–H and O–H groups in total. The van der Waals surface area contributed by atoms with E-state index in [1.807, 2.05) is 26.0 Å². The van der Waals surface area contributed by atoms with E-state index >= 15 is 0 Å². The molecule has 2 heterocycles. The third-order valence-corrected chi connectivity index (χ3v) is 4.76. The lowest BCUT2D eigenvalue weighted by Crippen LogP contribution is -2.15. The number of nitrogens with zero attached hydrogens (tertiary/aromatic N) is 5. The summed E-state index contributed by atoms with van der Waals surface area (Å²) in [5, 5.41) is 20.9. The van der Waals surface area contributed by atoms with Crippen LogP contribution in [0.1, 0.15) is 41.5 Å². The van der Waals surface area contributed by atoms with E-state index in [-0.39, 0.29) is 5.91 Å². The minimum absolute atomic E-state index is 0.296. The third kappa shape index (κ3) is 3.85. The quantitative estimate of drug-likeness (QED) is 0.711. The van der Waals surface area contributed by atoms with Crippen LogP contribution in [0.4, 0.5) is 5.13 Å². The number of carbonyl (C=O) groups is 1. The summed E-state index contributed by atoms with van der Waals surface area (Å²) in [5.74, 6) is -0.331. The van der Waals surface area contributed by atoms with Crippen LogP contribution in [0.3, 0.4) is 0 Å². The molecule has 3 aromatic rings. The predicted octanol–water partition coefficient (Wildman–Crippen LogP) is 3.54. The lowest BCUT2D eigenvalue weighted by molar-refractivity contribution is 0.102. The number of amides is 1. The van der Waals surface area contributed by atoms with Gasteiger partial charge in [0.05, 0.1) is 11.4 Å². The lowest BCUT2D eigenvalue weighted by Gasteiger charge is -2.07. The molecule has 0 spiro atoms. The maximum absolute atomic E-state index is 12.6. The first kappa shape index (κ1) is 17.5. The van der Waals surface area contributed by atoms with Gasteiger partial charge >= 0.3 is 0 Å². The van der Waals surface area contributed by atoms with Gasteiger partial charge in [0.2, 0.25) is 5.13 Å². The number of anilines is 1. The fourth-order valence-corrected chi connectivity index (χ4v) is 3.13. The molecule has 0 saturated carbocycles. The molecule has 0 atom stereocenters. The van der Waals surface area contributed by atoms with Crippen molar-refractivity contribution in [2.24, 2.45) is 0 Å². The zero-order valence-electron chi connectivity index (χ0n) is 13.9. The second-order valence-corrected chi connectivity index (χ2v) is 6.83. The number of hydrogen-bond acceptors (Lipinski definition) is 6. The smallest absolute Gasteiger partial charge is 0.279 e. The van der Waals surface area contributed by atoms with Crippen molar-refractivity contribution in [2.45, 2.75) is 33.1 Å². The summed E-state index contributed by atoms with van der Waals surface area (Å²) in [4.78, 5) is 12.6. The Morgan fingerprint density at radius 3 is 2.60 bits per heavy atom. The minimum Gasteiger partial charge on any atom is -0.295 e. The monoisotopic (exact) mass is 376 g/mol. The topological polar surface area (TPSA) is 85.6 Å². The zero-order valence-corrected chi connectivity index (χ0v) is 15.4. The van der Waals surface area contributed by atoms with Gasteiger partial charge in [0.25, 0.3) is 5.91 Å². The highest BCUT2D eigenvalue weighted by Gasteiger charge is 2.21. The molecule has 1 aromatic carbocycles. The first-order valence-corrected chi connectivity index (χ1v) is 9.16. The van der Waals surface area contributed by atoms with Crippen molar-refractivity contribution in [1.82, 2.24) is 25.2 Å². The molecule has 0 bridgehead atoms. The van der Waals surface area contributed by atoms with E-state index in [1.54, 1.807) is 16.8 Å². The van der Waals surface area contributed by atoms with Crippen molar-refractivity contribution in [1.29, 1.82) is 0 Å². The fraction of sp³-hybridized carbons (Fsp3) is 0.312. The van der Waals surface area contributed by atoms with Gasteiger partial charge in [-0.1, -0.05) is 48.4 Å². The van der Waals surface area contributed by atoms with Crippen LogP contribution in [0.5, 0.6) is 0 Å². The van der Waals surface area contributed by atoms with Crippen LogP contribution in [-0.4, -0.2) is 31.1 Å². The minimum atomic E-state index is -0.331. The molecule has 0 fully saturated rings. The molecule has 3 rings (SSSR count). The Labute approximate surface area is 154 Å². The molecule has 0 aliphatic carbocycles. The average molecular weight is 377 g/mol. The molecule has 2 aromatic heterocycles. The van der Waals surface area contributed by atoms with Crippen molar-refractivity contribution in [3.8, 4) is 5.69 Å². The summed E-state index contributed by atoms with van der Waals surface area (Å²) in [6, 6.07) is 7.25. The highest BCUT2D eigenvalue weighted by atomic mass is 35.5. The van der Waals surface area contributed by atoms with E-state index in [1.165, 1.54) is 11.3 Å². The summed E-state index contributed by atoms with van der Waals surface area (Å²) in [6.45, 7) is 4.03. The molecule has 0 aliphatic rings. The van der Waals surface area contributed by atoms with Crippen LogP contribution in [0.2, 0.25) is 5.02 Å². The number of nitrogens with one attached hydrogen (secondary N) is 1. The molecule has 0 radical (unpaired) electrons. The van der Waals surface area contributed by atoms with E-state index < -0.39 is 0 Å². The predicted molar refractivity (Wildman–Crippen MR) is 97.6 cm³/mol. The largest absolute Gasteiger partial charge is 0.295 e. The SMILES string of the molecule is CCCc1c(C(=O)Nc2nnc(CC)s2)nnn1-c1ccc(Cl)cc1. The zero-order chi connectivity index (χ0) is 17.8. The van der Waals surface area contributed by atoms with Crippen LogP contribution in [-0.2, 0) is 12.8 Å². The molecule has 0 aliphatic heterocycles. The average Bonchev–Trinajstić information content (AvgIpc) is 3.23. The molecule has 0 unspecified atom stereocenters. The third-order valence-electron chi connectivity index (χ3n) is 3.53. The lowest BCUT2D eigenvalue weighted by atomic mass is 10.2. The normalized spacial score (nSPS) is 10.8. The Morgan fingerprint density at radius 1 is 1.20 bits per heavy atom. The number of halogens is 1. The van der Waals surface area contributed by atoms with Gasteiger partial charge in [-0.05, 0) is 37.1 Å². The van der Waals surface area contributed by atoms with Crippen LogP contribution < -0.4 is 5.32 Å². The maximum atomic E-state index is 12.6. The van der Waals surface area contributed by atoms with Crippen LogP contribution in [0.15, 0.2) is 24.3 Å². The van der Waals surface area contributed by atoms with E-state index in [0.717, 1.165) is 29.2 Å². The number of aryl methyl sites for hydroxylation is 1. The maximum Gasteiger partial charge on any atom is 0.279 e. The van der Waals surface area contributed by atoms with Gasteiger partial charge in [-0.2, -0.15) is 0 Å². The molecule has 25 heavy (non-hydrogen) atoms. The Hall–Kier alpha value is -2.32. The number of rotatable bonds is 6. The first-order chi connectivity index (χ1) is 12.1. The van der Waals surface area contributed by atoms with Gasteiger partial charge in [-0.3, -0.25) is 10.1 Å². The summed E-state index contributed by atoms with van der Waals surface area (Å²) in [7, 11) is 0. The van der Waals surface area contributed by atoms with Crippen LogP contribution in [0.25, 0.3) is 5.69 Å². The second-order valence-electron chi connectivity index (χ2n) is 5.33. The molecule has 1 amide bonds. The van der Waals surface area contributed by atoms with E-state index in [2.05, 4.69) is 25.8 Å². The standard InChI is InChI=1S/C16H17ClN6OS/c1-3-5-12-14(15(24)18-16-21-19-13(4-2)25-16)20-22-23(12)11-8-6-10(17)7-9-11/h6-9H,3-5H2,1-2H3,(H,18,21,24). The first-order valence-electron chi connectivity index (χ1n) is 7.96. The summed E-state index contributed by atoms with van der Waals surface area (Å²) in [6.07, 6.45) is 2.32. The highest BCUT2D eigenvalue weighted by Crippen LogP contribution is 2.20. The van der Waals surface area contributed by atoms with Crippen molar-refractivity contribution in [2.75, 3.05) is 5.32 Å². The Morgan fingerprint density at radius 2 is 1.96 bits per heavy atom. The Kier molecular flexibility index (Phi) is 5.40. The Bertz CT molecular complexity index is 873. The molecule has 7 nitrogen and oxygen atoms in total. The molecular weight excluding hydrogens is 360 g/mol. The highest BCUT2D eigenvalue weighted by molar-refractivity contribution is 7.15. The number of aromatic nitrogens is 5. The number of hydrogen-bond donors (Lipinski definition) is 1. The summed E-state index contributed by atoms with van der Waals surface area (Å²) in [5.41, 5.74) is 1.86. The number of benzene rings is 1. The van der Waals surface area contributed by atoms with Crippen molar-refractivity contribution >= 4 is 34.0 Å². The van der Waals surface area contributed by atoms with Gasteiger partial charge in [0.15, 0.2) is 5.69 Å². The van der Waals surface area contributed by atoms with Crippen molar-refractivity contribution in [3.05, 3.63) is 45.7 Å². The fourth-order valence-electron chi connectivity index (χ4n) is 2.33. The molecule has 9 heteroatoms. The molecule has 0 saturated heterocycles. The van der Waals surface area contributed by atoms with Crippen LogP contribution >= 0.6 is 22.9 Å². The van der Waals surface area contributed by atoms with Crippen LogP contribution in [0, 0.1) is 0 Å². The van der Waals surface area contributed by atoms with Gasteiger partial charge in [-0.25, -0.2) is 4.68 Å². The van der Waals surface area contributed by atoms with E-state index in [9.17, 15) is 4.79 Å². The van der Waals surface area contributed by atoms with Crippen molar-refractivity contribution in [3.63, 3.8) is 0 Å². The summed E-state index contributed by atoms with van der Waals surface area (Å²) < 4.78 is 1.67. The number of carbonyl (C=O) groups excluding carboxylic acids is 1. The van der Waals surface area contributed by atoms with E-state index in [0.29, 0.717) is 22.3 Å². The van der Waals surface area contributed by atoms with Gasteiger partial charge in [0.1, 0.15) is 5.01 Å². The van der Waals surface area contributed by atoms with Gasteiger partial charge in [0, 0.05) is 5.02 Å². The van der Waals surface area contributed by atoms with E-state index in [4.69, 9.17) is 11.6 Å². The molecule has 130 valence electrons. The van der Waals surface area contributed by atoms with Gasteiger partial charge in [-0.15, -0.1) is 15.3 Å². The second kappa shape index (κ2) is 7.71.